The van der Waals surface area contributed by atoms with Crippen molar-refractivity contribution in [3.8, 4) is 0 Å². The summed E-state index contributed by atoms with van der Waals surface area (Å²) in [5, 5.41) is 11.4. The van der Waals surface area contributed by atoms with E-state index in [0.29, 0.717) is 13.1 Å². The van der Waals surface area contributed by atoms with Gasteiger partial charge in [-0.1, -0.05) is 18.2 Å². The second-order valence-corrected chi connectivity index (χ2v) is 5.77. The highest BCUT2D eigenvalue weighted by Gasteiger charge is 2.62. The molecule has 0 bridgehead atoms. The Morgan fingerprint density at radius 3 is 2.63 bits per heavy atom. The van der Waals surface area contributed by atoms with Crippen LogP contribution >= 0.6 is 11.3 Å². The van der Waals surface area contributed by atoms with Gasteiger partial charge in [-0.2, -0.15) is 0 Å². The van der Waals surface area contributed by atoms with Crippen LogP contribution in [0.3, 0.4) is 0 Å². The number of rotatable bonds is 7. The fourth-order valence-electron chi connectivity index (χ4n) is 2.59. The van der Waals surface area contributed by atoms with Crippen molar-refractivity contribution >= 4 is 17.2 Å². The van der Waals surface area contributed by atoms with E-state index in [1.165, 1.54) is 0 Å². The molecule has 4 heteroatoms. The summed E-state index contributed by atoms with van der Waals surface area (Å²) in [5.41, 5.74) is -0.519. The van der Waals surface area contributed by atoms with Gasteiger partial charge < -0.3 is 10.0 Å². The lowest BCUT2D eigenvalue weighted by Gasteiger charge is -2.25. The Kier molecular flexibility index (Phi) is 4.22. The van der Waals surface area contributed by atoms with E-state index in [1.807, 2.05) is 17.5 Å². The lowest BCUT2D eigenvalue weighted by molar-refractivity contribution is -0.133. The highest BCUT2D eigenvalue weighted by Crippen LogP contribution is 2.56. The van der Waals surface area contributed by atoms with Crippen molar-refractivity contribution < 1.29 is 9.90 Å². The van der Waals surface area contributed by atoms with Crippen LogP contribution in [0.5, 0.6) is 0 Å². The van der Waals surface area contributed by atoms with Gasteiger partial charge in [0.25, 0.3) is 0 Å². The first kappa shape index (κ1) is 14.0. The number of nitrogens with zero attached hydrogens (tertiary/aromatic N) is 1. The van der Waals surface area contributed by atoms with Gasteiger partial charge in [-0.25, -0.2) is 0 Å². The summed E-state index contributed by atoms with van der Waals surface area (Å²) in [6.45, 7) is 8.46. The molecule has 19 heavy (non-hydrogen) atoms. The molecule has 0 saturated heterocycles. The van der Waals surface area contributed by atoms with E-state index < -0.39 is 5.41 Å². The van der Waals surface area contributed by atoms with Crippen molar-refractivity contribution in [3.63, 3.8) is 0 Å². The van der Waals surface area contributed by atoms with E-state index >= 15 is 0 Å². The summed E-state index contributed by atoms with van der Waals surface area (Å²) < 4.78 is 0. The van der Waals surface area contributed by atoms with Crippen molar-refractivity contribution in [1.82, 2.24) is 4.90 Å². The Morgan fingerprint density at radius 1 is 1.53 bits per heavy atom. The molecule has 0 aliphatic heterocycles. The van der Waals surface area contributed by atoms with Crippen LogP contribution in [0.25, 0.3) is 0 Å². The summed E-state index contributed by atoms with van der Waals surface area (Å²) in [5.74, 6) is 0.115. The predicted molar refractivity (Wildman–Crippen MR) is 78.2 cm³/mol. The van der Waals surface area contributed by atoms with E-state index in [9.17, 15) is 9.90 Å². The average Bonchev–Trinajstić information content (AvgIpc) is 2.90. The monoisotopic (exact) mass is 277 g/mol. The molecule has 1 heterocycles. The summed E-state index contributed by atoms with van der Waals surface area (Å²) in [4.78, 5) is 15.6. The Morgan fingerprint density at radius 2 is 2.21 bits per heavy atom. The summed E-state index contributed by atoms with van der Waals surface area (Å²) in [7, 11) is 0. The number of carbonyl (C=O) groups is 1. The van der Waals surface area contributed by atoms with Gasteiger partial charge >= 0.3 is 0 Å². The molecule has 1 aromatic heterocycles. The van der Waals surface area contributed by atoms with Gasteiger partial charge in [0, 0.05) is 30.5 Å². The third-order valence-electron chi connectivity index (χ3n) is 3.65. The molecule has 0 spiro atoms. The van der Waals surface area contributed by atoms with Crippen LogP contribution in [0, 0.1) is 5.92 Å². The van der Waals surface area contributed by atoms with Crippen LogP contribution < -0.4 is 0 Å². The molecule has 2 atom stereocenters. The molecule has 1 aliphatic rings. The van der Waals surface area contributed by atoms with Crippen LogP contribution in [-0.4, -0.2) is 35.6 Å². The maximum Gasteiger partial charge on any atom is 0.235 e. The minimum atomic E-state index is -0.519. The normalized spacial score (nSPS) is 24.8. The minimum absolute atomic E-state index is 0.0378. The lowest BCUT2D eigenvalue weighted by atomic mass is 9.99. The SMILES string of the molecule is C=CCN(CC=C)C(=O)[C@@]1(c2cccs2)C[C@H]1CO. The molecule has 102 valence electrons. The molecule has 1 saturated carbocycles. The largest absolute Gasteiger partial charge is 0.396 e. The summed E-state index contributed by atoms with van der Waals surface area (Å²) >= 11 is 1.58. The number of aliphatic hydroxyl groups is 1. The van der Waals surface area contributed by atoms with Crippen molar-refractivity contribution in [1.29, 1.82) is 0 Å². The third-order valence-corrected chi connectivity index (χ3v) is 4.70. The van der Waals surface area contributed by atoms with Gasteiger partial charge in [-0.3, -0.25) is 4.79 Å². The second kappa shape index (κ2) is 5.72. The molecule has 1 aliphatic carbocycles. The van der Waals surface area contributed by atoms with E-state index in [1.54, 1.807) is 28.4 Å². The van der Waals surface area contributed by atoms with Gasteiger partial charge in [-0.05, 0) is 17.9 Å². The number of aliphatic hydroxyl groups excluding tert-OH is 1. The molecule has 0 aromatic carbocycles. The predicted octanol–water partition coefficient (Wildman–Crippen LogP) is 2.20. The van der Waals surface area contributed by atoms with E-state index in [4.69, 9.17) is 0 Å². The maximum atomic E-state index is 12.8. The van der Waals surface area contributed by atoms with Crippen molar-refractivity contribution in [2.75, 3.05) is 19.7 Å². The fraction of sp³-hybridized carbons (Fsp3) is 0.400. The molecular weight excluding hydrogens is 258 g/mol. The molecule has 2 rings (SSSR count). The maximum absolute atomic E-state index is 12.8. The first-order valence-electron chi connectivity index (χ1n) is 6.36. The quantitative estimate of drug-likeness (QED) is 0.776. The second-order valence-electron chi connectivity index (χ2n) is 4.82. The van der Waals surface area contributed by atoms with Crippen LogP contribution in [0.2, 0.25) is 0 Å². The zero-order valence-corrected chi connectivity index (χ0v) is 11.7. The smallest absolute Gasteiger partial charge is 0.235 e. The first-order chi connectivity index (χ1) is 9.20. The highest BCUT2D eigenvalue weighted by atomic mass is 32.1. The molecule has 1 amide bonds. The summed E-state index contributed by atoms with van der Waals surface area (Å²) in [6, 6.07) is 3.94. The van der Waals surface area contributed by atoms with Gasteiger partial charge in [0.1, 0.15) is 0 Å². The molecule has 0 unspecified atom stereocenters. The molecule has 1 N–H and O–H groups in total. The van der Waals surface area contributed by atoms with Gasteiger partial charge in [0.05, 0.1) is 5.41 Å². The third kappa shape index (κ3) is 2.38. The van der Waals surface area contributed by atoms with E-state index in [2.05, 4.69) is 13.2 Å². The molecule has 3 nitrogen and oxygen atoms in total. The molecule has 1 aromatic rings. The minimum Gasteiger partial charge on any atom is -0.396 e. The number of hydrogen-bond donors (Lipinski definition) is 1. The topological polar surface area (TPSA) is 40.5 Å². The van der Waals surface area contributed by atoms with Crippen LogP contribution in [0.15, 0.2) is 42.8 Å². The van der Waals surface area contributed by atoms with E-state index in [-0.39, 0.29) is 18.4 Å². The Bertz CT molecular complexity index is 458. The zero-order chi connectivity index (χ0) is 13.9. The molecule has 1 fully saturated rings. The first-order valence-corrected chi connectivity index (χ1v) is 7.24. The van der Waals surface area contributed by atoms with Crippen LogP contribution in [0.1, 0.15) is 11.3 Å². The molecule has 0 radical (unpaired) electrons. The summed E-state index contributed by atoms with van der Waals surface area (Å²) in [6.07, 6.45) is 4.17. The lowest BCUT2D eigenvalue weighted by Crippen LogP contribution is -2.40. The number of thiophene rings is 1. The fourth-order valence-corrected chi connectivity index (χ4v) is 3.59. The standard InChI is InChI=1S/C15H19NO2S/c1-3-7-16(8-4-2)14(18)15(10-12(15)11-17)13-6-5-9-19-13/h3-6,9,12,17H,1-2,7-8,10-11H2/t12-,15-/m0/s1. The van der Waals surface area contributed by atoms with Crippen molar-refractivity contribution in [2.24, 2.45) is 5.92 Å². The zero-order valence-electron chi connectivity index (χ0n) is 10.9. The van der Waals surface area contributed by atoms with E-state index in [0.717, 1.165) is 11.3 Å². The number of hydrogen-bond acceptors (Lipinski definition) is 3. The Hall–Kier alpha value is -1.39. The van der Waals surface area contributed by atoms with Crippen molar-refractivity contribution in [2.45, 2.75) is 11.8 Å². The average molecular weight is 277 g/mol. The Balaban J connectivity index is 2.27. The van der Waals surface area contributed by atoms with Gasteiger partial charge in [0.2, 0.25) is 5.91 Å². The Labute approximate surface area is 117 Å². The molecular formula is C15H19NO2S. The van der Waals surface area contributed by atoms with Crippen LogP contribution in [-0.2, 0) is 10.2 Å². The highest BCUT2D eigenvalue weighted by molar-refractivity contribution is 7.10. The van der Waals surface area contributed by atoms with Crippen molar-refractivity contribution in [3.05, 3.63) is 47.7 Å². The number of amides is 1. The van der Waals surface area contributed by atoms with Gasteiger partial charge in [-0.15, -0.1) is 24.5 Å². The van der Waals surface area contributed by atoms with Crippen LogP contribution in [0.4, 0.5) is 0 Å². The van der Waals surface area contributed by atoms with Gasteiger partial charge in [0.15, 0.2) is 0 Å². The number of carbonyl (C=O) groups excluding carboxylic acids is 1.